The molecule has 6 nitrogen and oxygen atoms in total. The minimum absolute atomic E-state index is 0.593. The van der Waals surface area contributed by atoms with Crippen LogP contribution in [0.25, 0.3) is 11.1 Å². The average molecular weight is 363 g/mol. The summed E-state index contributed by atoms with van der Waals surface area (Å²) in [5.41, 5.74) is 9.41. The maximum atomic E-state index is 10.9. The summed E-state index contributed by atoms with van der Waals surface area (Å²) in [7, 11) is 2.16. The van der Waals surface area contributed by atoms with Crippen LogP contribution in [0.15, 0.2) is 42.5 Å². The number of primary amides is 1. The van der Waals surface area contributed by atoms with Crippen LogP contribution < -0.4 is 11.1 Å². The standard InChI is InChI=1S/C21H25N5O/c1-25-9-2-10-26(12-11-25)15-16-3-8-20(18(13-16)14-22)17-4-6-19(7-5-17)24-21(23)27/h3-8,13H,2,9-12,15H2,1H3,(H3,23,24,27). The van der Waals surface area contributed by atoms with Gasteiger partial charge in [0.25, 0.3) is 0 Å². The SMILES string of the molecule is CN1CCCN(Cc2ccc(-c3ccc(NC(N)=O)cc3)c(C#N)c2)CC1. The number of anilines is 1. The van der Waals surface area contributed by atoms with Gasteiger partial charge in [0.05, 0.1) is 11.6 Å². The Morgan fingerprint density at radius 3 is 2.63 bits per heavy atom. The molecule has 0 unspecified atom stereocenters. The highest BCUT2D eigenvalue weighted by molar-refractivity contribution is 5.88. The largest absolute Gasteiger partial charge is 0.351 e. The van der Waals surface area contributed by atoms with Crippen LogP contribution in [0.5, 0.6) is 0 Å². The van der Waals surface area contributed by atoms with E-state index in [9.17, 15) is 10.1 Å². The number of nitrogens with one attached hydrogen (secondary N) is 1. The molecule has 1 heterocycles. The zero-order valence-corrected chi connectivity index (χ0v) is 15.6. The van der Waals surface area contributed by atoms with Crippen LogP contribution in [0.1, 0.15) is 17.5 Å². The van der Waals surface area contributed by atoms with E-state index in [2.05, 4.69) is 34.3 Å². The first-order valence-electron chi connectivity index (χ1n) is 9.16. The molecule has 1 aliphatic heterocycles. The second-order valence-electron chi connectivity index (χ2n) is 6.99. The molecule has 0 bridgehead atoms. The van der Waals surface area contributed by atoms with E-state index in [1.165, 1.54) is 6.42 Å². The molecule has 0 saturated carbocycles. The molecule has 0 radical (unpaired) electrons. The Morgan fingerprint density at radius 1 is 1.15 bits per heavy atom. The zero-order chi connectivity index (χ0) is 19.2. The summed E-state index contributed by atoms with van der Waals surface area (Å²) in [4.78, 5) is 15.7. The Bertz CT molecular complexity index is 841. The van der Waals surface area contributed by atoms with E-state index in [1.54, 1.807) is 12.1 Å². The molecule has 0 atom stereocenters. The van der Waals surface area contributed by atoms with Crippen molar-refractivity contribution >= 4 is 11.7 Å². The molecule has 1 fully saturated rings. The Kier molecular flexibility index (Phi) is 6.07. The lowest BCUT2D eigenvalue weighted by Gasteiger charge is -2.20. The van der Waals surface area contributed by atoms with Gasteiger partial charge in [0.2, 0.25) is 0 Å². The van der Waals surface area contributed by atoms with Crippen molar-refractivity contribution in [1.82, 2.24) is 9.80 Å². The molecule has 0 aromatic heterocycles. The number of benzene rings is 2. The molecule has 0 spiro atoms. The number of amides is 2. The molecule has 27 heavy (non-hydrogen) atoms. The Balaban J connectivity index is 1.76. The number of nitrogens with two attached hydrogens (primary N) is 1. The normalized spacial score (nSPS) is 15.7. The number of hydrogen-bond donors (Lipinski definition) is 2. The van der Waals surface area contributed by atoms with Gasteiger partial charge in [-0.3, -0.25) is 4.90 Å². The van der Waals surface area contributed by atoms with Gasteiger partial charge < -0.3 is 16.0 Å². The van der Waals surface area contributed by atoms with Crippen molar-refractivity contribution in [3.8, 4) is 17.2 Å². The molecule has 0 aliphatic carbocycles. The first-order valence-corrected chi connectivity index (χ1v) is 9.16. The number of likely N-dealkylation sites (N-methyl/N-ethyl adjacent to an activating group) is 1. The lowest BCUT2D eigenvalue weighted by Crippen LogP contribution is -2.28. The fourth-order valence-electron chi connectivity index (χ4n) is 3.43. The second kappa shape index (κ2) is 8.67. The zero-order valence-electron chi connectivity index (χ0n) is 15.6. The molecule has 1 aliphatic rings. The van der Waals surface area contributed by atoms with E-state index in [-0.39, 0.29) is 0 Å². The molecule has 2 aromatic rings. The van der Waals surface area contributed by atoms with Crippen LogP contribution in [0, 0.1) is 11.3 Å². The van der Waals surface area contributed by atoms with E-state index in [1.807, 2.05) is 24.3 Å². The van der Waals surface area contributed by atoms with Crippen LogP contribution >= 0.6 is 0 Å². The number of carbonyl (C=O) groups is 1. The average Bonchev–Trinajstić information content (AvgIpc) is 2.86. The van der Waals surface area contributed by atoms with Gasteiger partial charge in [-0.1, -0.05) is 24.3 Å². The fourth-order valence-corrected chi connectivity index (χ4v) is 3.43. The first-order chi connectivity index (χ1) is 13.0. The van der Waals surface area contributed by atoms with E-state index in [0.29, 0.717) is 11.3 Å². The van der Waals surface area contributed by atoms with Crippen LogP contribution in [-0.4, -0.2) is 49.1 Å². The summed E-state index contributed by atoms with van der Waals surface area (Å²) in [6.45, 7) is 5.22. The number of urea groups is 1. The van der Waals surface area contributed by atoms with E-state index in [4.69, 9.17) is 5.73 Å². The van der Waals surface area contributed by atoms with Gasteiger partial charge in [-0.2, -0.15) is 5.26 Å². The van der Waals surface area contributed by atoms with Gasteiger partial charge in [-0.05, 0) is 61.4 Å². The minimum Gasteiger partial charge on any atom is -0.351 e. The van der Waals surface area contributed by atoms with Crippen molar-refractivity contribution < 1.29 is 4.79 Å². The summed E-state index contributed by atoms with van der Waals surface area (Å²) in [5.74, 6) is 0. The Morgan fingerprint density at radius 2 is 1.93 bits per heavy atom. The van der Waals surface area contributed by atoms with Gasteiger partial charge in [0.1, 0.15) is 0 Å². The molecular formula is C21H25N5O. The maximum Gasteiger partial charge on any atom is 0.316 e. The quantitative estimate of drug-likeness (QED) is 0.875. The molecule has 140 valence electrons. The summed E-state index contributed by atoms with van der Waals surface area (Å²) < 4.78 is 0. The summed E-state index contributed by atoms with van der Waals surface area (Å²) in [6.07, 6.45) is 1.17. The van der Waals surface area contributed by atoms with Gasteiger partial charge in [0.15, 0.2) is 0 Å². The lowest BCUT2D eigenvalue weighted by molar-refractivity contribution is 0.259. The van der Waals surface area contributed by atoms with Crippen molar-refractivity contribution in [3.05, 3.63) is 53.6 Å². The number of carbonyl (C=O) groups excluding carboxylic acids is 1. The molecule has 3 N–H and O–H groups in total. The highest BCUT2D eigenvalue weighted by atomic mass is 16.2. The predicted octanol–water partition coefficient (Wildman–Crippen LogP) is 2.85. The number of rotatable bonds is 4. The van der Waals surface area contributed by atoms with Crippen molar-refractivity contribution in [2.24, 2.45) is 5.73 Å². The van der Waals surface area contributed by atoms with Crippen molar-refractivity contribution in [2.75, 3.05) is 38.5 Å². The molecule has 1 saturated heterocycles. The molecule has 2 aromatic carbocycles. The van der Waals surface area contributed by atoms with Gasteiger partial charge in [-0.25, -0.2) is 4.79 Å². The van der Waals surface area contributed by atoms with Gasteiger partial charge in [-0.15, -0.1) is 0 Å². The summed E-state index contributed by atoms with van der Waals surface area (Å²) in [5, 5.41) is 12.2. The monoisotopic (exact) mass is 363 g/mol. The lowest BCUT2D eigenvalue weighted by atomic mass is 9.97. The van der Waals surface area contributed by atoms with Crippen LogP contribution in [0.4, 0.5) is 10.5 Å². The first kappa shape index (κ1) is 18.9. The maximum absolute atomic E-state index is 10.9. The number of hydrogen-bond acceptors (Lipinski definition) is 4. The summed E-state index contributed by atoms with van der Waals surface area (Å²) in [6, 6.07) is 15.1. The highest BCUT2D eigenvalue weighted by Gasteiger charge is 2.13. The van der Waals surface area contributed by atoms with Gasteiger partial charge >= 0.3 is 6.03 Å². The molecule has 6 heteroatoms. The third-order valence-electron chi connectivity index (χ3n) is 4.89. The van der Waals surface area contributed by atoms with E-state index in [0.717, 1.165) is 49.4 Å². The van der Waals surface area contributed by atoms with Crippen LogP contribution in [0.2, 0.25) is 0 Å². The third kappa shape index (κ3) is 5.07. The van der Waals surface area contributed by atoms with E-state index < -0.39 is 6.03 Å². The Labute approximate surface area is 160 Å². The van der Waals surface area contributed by atoms with Crippen LogP contribution in [0.3, 0.4) is 0 Å². The Hall–Kier alpha value is -2.88. The van der Waals surface area contributed by atoms with E-state index >= 15 is 0 Å². The van der Waals surface area contributed by atoms with Crippen molar-refractivity contribution in [2.45, 2.75) is 13.0 Å². The molecule has 2 amide bonds. The smallest absolute Gasteiger partial charge is 0.316 e. The van der Waals surface area contributed by atoms with Crippen LogP contribution in [-0.2, 0) is 6.54 Å². The topological polar surface area (TPSA) is 85.4 Å². The molecule has 3 rings (SSSR count). The fraction of sp³-hybridized carbons (Fsp3) is 0.333. The molecular weight excluding hydrogens is 338 g/mol. The van der Waals surface area contributed by atoms with Crippen molar-refractivity contribution in [1.29, 1.82) is 5.26 Å². The number of nitriles is 1. The van der Waals surface area contributed by atoms with Gasteiger partial charge in [0, 0.05) is 25.3 Å². The third-order valence-corrected chi connectivity index (χ3v) is 4.89. The van der Waals surface area contributed by atoms with Crippen molar-refractivity contribution in [3.63, 3.8) is 0 Å². The highest BCUT2D eigenvalue weighted by Crippen LogP contribution is 2.26. The number of nitrogens with zero attached hydrogens (tertiary/aromatic N) is 3. The summed E-state index contributed by atoms with van der Waals surface area (Å²) >= 11 is 0. The predicted molar refractivity (Wildman–Crippen MR) is 107 cm³/mol. The minimum atomic E-state index is -0.593. The second-order valence-corrected chi connectivity index (χ2v) is 6.99.